The first-order valence-electron chi connectivity index (χ1n) is 11.6. The summed E-state index contributed by atoms with van der Waals surface area (Å²) in [5.41, 5.74) is 1.40. The van der Waals surface area contributed by atoms with Gasteiger partial charge in [-0.25, -0.2) is 4.79 Å². The third-order valence-electron chi connectivity index (χ3n) is 5.60. The van der Waals surface area contributed by atoms with Crippen LogP contribution in [0.3, 0.4) is 0 Å². The van der Waals surface area contributed by atoms with Crippen molar-refractivity contribution < 1.29 is 23.9 Å². The number of nitrogens with one attached hydrogen (secondary N) is 1. The first kappa shape index (κ1) is 26.0. The Morgan fingerprint density at radius 2 is 2.14 bits per heavy atom. The Kier molecular flexibility index (Phi) is 8.21. The van der Waals surface area contributed by atoms with Crippen molar-refractivity contribution in [2.24, 2.45) is 7.05 Å². The fourth-order valence-electron chi connectivity index (χ4n) is 3.96. The molecule has 0 unspecified atom stereocenters. The van der Waals surface area contributed by atoms with Gasteiger partial charge in [0.25, 0.3) is 0 Å². The van der Waals surface area contributed by atoms with Gasteiger partial charge in [0.2, 0.25) is 5.91 Å². The number of hydrogen-bond acceptors (Lipinski definition) is 10. The zero-order valence-corrected chi connectivity index (χ0v) is 22.2. The molecule has 36 heavy (non-hydrogen) atoms. The van der Waals surface area contributed by atoms with Crippen molar-refractivity contribution >= 4 is 45.8 Å². The van der Waals surface area contributed by atoms with Crippen LogP contribution in [0.15, 0.2) is 17.4 Å². The summed E-state index contributed by atoms with van der Waals surface area (Å²) in [5, 5.41) is 16.7. The van der Waals surface area contributed by atoms with Crippen LogP contribution in [-0.4, -0.2) is 67.3 Å². The number of anilines is 1. The molecular weight excluding hydrogens is 504 g/mol. The van der Waals surface area contributed by atoms with Gasteiger partial charge in [-0.1, -0.05) is 11.8 Å². The molecule has 1 atom stereocenters. The van der Waals surface area contributed by atoms with E-state index < -0.39 is 5.97 Å². The zero-order valence-electron chi connectivity index (χ0n) is 20.6. The molecule has 3 aromatic heterocycles. The normalized spacial score (nSPS) is 15.3. The van der Waals surface area contributed by atoms with Crippen molar-refractivity contribution in [2.75, 3.05) is 24.3 Å². The van der Waals surface area contributed by atoms with E-state index in [4.69, 9.17) is 9.47 Å². The van der Waals surface area contributed by atoms with E-state index in [-0.39, 0.29) is 35.7 Å². The molecule has 4 heterocycles. The fraction of sp³-hybridized carbons (Fsp3) is 0.478. The highest BCUT2D eigenvalue weighted by Gasteiger charge is 2.26. The number of ether oxygens (including phenoxy) is 2. The van der Waals surface area contributed by atoms with Crippen LogP contribution in [0.4, 0.5) is 5.00 Å². The second-order valence-electron chi connectivity index (χ2n) is 8.30. The number of thiophene rings is 1. The molecule has 1 saturated heterocycles. The summed E-state index contributed by atoms with van der Waals surface area (Å²) < 4.78 is 14.6. The summed E-state index contributed by atoms with van der Waals surface area (Å²) in [6.07, 6.45) is 3.82. The average molecular weight is 533 g/mol. The van der Waals surface area contributed by atoms with Crippen molar-refractivity contribution in [3.8, 4) is 11.5 Å². The predicted octanol–water partition coefficient (Wildman–Crippen LogP) is 3.34. The molecule has 0 aliphatic carbocycles. The lowest BCUT2D eigenvalue weighted by atomic mass is 10.1. The van der Waals surface area contributed by atoms with E-state index in [0.717, 1.165) is 30.8 Å². The Balaban J connectivity index is 1.52. The summed E-state index contributed by atoms with van der Waals surface area (Å²) in [5.74, 6) is -0.452. The Labute approximate surface area is 216 Å². The van der Waals surface area contributed by atoms with Crippen molar-refractivity contribution in [1.82, 2.24) is 24.5 Å². The van der Waals surface area contributed by atoms with Crippen LogP contribution in [-0.2, 0) is 27.9 Å². The molecule has 1 aliphatic rings. The smallest absolute Gasteiger partial charge is 0.341 e. The quantitative estimate of drug-likeness (QED) is 0.237. The first-order chi connectivity index (χ1) is 17.3. The number of carbonyl (C=O) groups excluding carboxylic acids is 3. The van der Waals surface area contributed by atoms with Gasteiger partial charge in [0.05, 0.1) is 35.4 Å². The lowest BCUT2D eigenvalue weighted by Gasteiger charge is -2.14. The van der Waals surface area contributed by atoms with Gasteiger partial charge >= 0.3 is 5.97 Å². The van der Waals surface area contributed by atoms with E-state index in [2.05, 4.69) is 20.6 Å². The van der Waals surface area contributed by atoms with E-state index in [9.17, 15) is 14.4 Å². The largest absolute Gasteiger partial charge is 0.462 e. The number of Topliss-reactive ketones (excluding diaryl/α,β-unsaturated/α-hetero) is 1. The van der Waals surface area contributed by atoms with E-state index in [1.165, 1.54) is 18.7 Å². The molecule has 0 aromatic carbocycles. The highest BCUT2D eigenvalue weighted by molar-refractivity contribution is 7.99. The van der Waals surface area contributed by atoms with Crippen molar-refractivity contribution in [3.63, 3.8) is 0 Å². The van der Waals surface area contributed by atoms with E-state index >= 15 is 0 Å². The maximum atomic E-state index is 12.9. The van der Waals surface area contributed by atoms with Crippen molar-refractivity contribution in [1.29, 1.82) is 0 Å². The van der Waals surface area contributed by atoms with Crippen LogP contribution in [0.2, 0.25) is 0 Å². The summed E-state index contributed by atoms with van der Waals surface area (Å²) in [6, 6.07) is 1.86. The Morgan fingerprint density at radius 3 is 2.78 bits per heavy atom. The summed E-state index contributed by atoms with van der Waals surface area (Å²) in [7, 11) is 1.83. The molecule has 11 nitrogen and oxygen atoms in total. The topological polar surface area (TPSA) is 130 Å². The first-order valence-corrected chi connectivity index (χ1v) is 13.4. The number of amides is 1. The summed E-state index contributed by atoms with van der Waals surface area (Å²) in [6.45, 7) is 6.27. The molecule has 4 rings (SSSR count). The van der Waals surface area contributed by atoms with E-state index in [0.29, 0.717) is 38.7 Å². The molecule has 1 aliphatic heterocycles. The standard InChI is InChI=1S/C23H28N6O5S2/c1-5-33-22(32)18-13(2)19(14(3)30)36-21(18)24-17(31)12-35-23-26-25-20(16-8-9-28(4)27-16)29(23)11-15-7-6-10-34-15/h8-9,15H,5-7,10-12H2,1-4H3,(H,24,31)/t15-/m1/s1. The van der Waals surface area contributed by atoms with Gasteiger partial charge in [-0.2, -0.15) is 5.10 Å². The monoisotopic (exact) mass is 532 g/mol. The summed E-state index contributed by atoms with van der Waals surface area (Å²) >= 11 is 2.31. The van der Waals surface area contributed by atoms with Crippen molar-refractivity contribution in [3.05, 3.63) is 28.3 Å². The number of aromatic nitrogens is 5. The summed E-state index contributed by atoms with van der Waals surface area (Å²) in [4.78, 5) is 37.8. The van der Waals surface area contributed by atoms with Crippen LogP contribution in [0.1, 0.15) is 52.3 Å². The van der Waals surface area contributed by atoms with Gasteiger partial charge < -0.3 is 14.8 Å². The van der Waals surface area contributed by atoms with Gasteiger partial charge in [-0.05, 0) is 45.2 Å². The predicted molar refractivity (Wildman–Crippen MR) is 136 cm³/mol. The molecule has 3 aromatic rings. The number of ketones is 1. The minimum Gasteiger partial charge on any atom is -0.462 e. The molecular formula is C23H28N6O5S2. The molecule has 0 spiro atoms. The Morgan fingerprint density at radius 1 is 1.33 bits per heavy atom. The average Bonchev–Trinajstić information content (AvgIpc) is 3.61. The molecule has 0 bridgehead atoms. The molecule has 1 fully saturated rings. The second-order valence-corrected chi connectivity index (χ2v) is 10.3. The van der Waals surface area contributed by atoms with Gasteiger partial charge in [-0.15, -0.1) is 21.5 Å². The number of hydrogen-bond donors (Lipinski definition) is 1. The van der Waals surface area contributed by atoms with Gasteiger partial charge in [-0.3, -0.25) is 18.8 Å². The van der Waals surface area contributed by atoms with Crippen LogP contribution in [0.5, 0.6) is 0 Å². The fourth-order valence-corrected chi connectivity index (χ4v) is 5.81. The van der Waals surface area contributed by atoms with Crippen LogP contribution < -0.4 is 5.32 Å². The highest BCUT2D eigenvalue weighted by Crippen LogP contribution is 2.34. The maximum Gasteiger partial charge on any atom is 0.341 e. The SMILES string of the molecule is CCOC(=O)c1c(NC(=O)CSc2nnc(-c3ccn(C)n3)n2C[C@H]2CCCO2)sc(C(C)=O)c1C. The van der Waals surface area contributed by atoms with Gasteiger partial charge in [0.15, 0.2) is 16.8 Å². The minimum atomic E-state index is -0.571. The molecule has 0 saturated carbocycles. The lowest BCUT2D eigenvalue weighted by molar-refractivity contribution is -0.113. The third kappa shape index (κ3) is 5.68. The van der Waals surface area contributed by atoms with Crippen LogP contribution in [0.25, 0.3) is 11.5 Å². The van der Waals surface area contributed by atoms with Gasteiger partial charge in [0.1, 0.15) is 10.7 Å². The Bertz CT molecular complexity index is 1270. The van der Waals surface area contributed by atoms with Crippen molar-refractivity contribution in [2.45, 2.75) is 51.4 Å². The minimum absolute atomic E-state index is 0.0283. The number of aryl methyl sites for hydroxylation is 1. The maximum absolute atomic E-state index is 12.9. The molecule has 1 N–H and O–H groups in total. The molecule has 192 valence electrons. The Hall–Kier alpha value is -3.03. The molecule has 0 radical (unpaired) electrons. The second kappa shape index (κ2) is 11.4. The molecule has 13 heteroatoms. The van der Waals surface area contributed by atoms with Crippen LogP contribution in [0, 0.1) is 6.92 Å². The van der Waals surface area contributed by atoms with E-state index in [1.54, 1.807) is 18.5 Å². The molecule has 1 amide bonds. The number of carbonyl (C=O) groups is 3. The highest BCUT2D eigenvalue weighted by atomic mass is 32.2. The van der Waals surface area contributed by atoms with Crippen LogP contribution >= 0.6 is 23.1 Å². The lowest BCUT2D eigenvalue weighted by Crippen LogP contribution is -2.19. The number of rotatable bonds is 10. The number of esters is 1. The number of thioether (sulfide) groups is 1. The van der Waals surface area contributed by atoms with E-state index in [1.807, 2.05) is 23.9 Å². The van der Waals surface area contributed by atoms with Gasteiger partial charge in [0, 0.05) is 19.9 Å². The zero-order chi connectivity index (χ0) is 25.8. The number of nitrogens with zero attached hydrogens (tertiary/aromatic N) is 5. The third-order valence-corrected chi connectivity index (χ3v) is 7.88.